The molecule has 0 unspecified atom stereocenters. The van der Waals surface area contributed by atoms with Gasteiger partial charge in [0.1, 0.15) is 5.75 Å². The highest BCUT2D eigenvalue weighted by molar-refractivity contribution is 5.90. The van der Waals surface area contributed by atoms with Crippen molar-refractivity contribution in [2.45, 2.75) is 6.54 Å². The van der Waals surface area contributed by atoms with E-state index in [9.17, 15) is 4.79 Å². The third-order valence-electron chi connectivity index (χ3n) is 3.22. The van der Waals surface area contributed by atoms with Crippen molar-refractivity contribution in [2.75, 3.05) is 50.4 Å². The van der Waals surface area contributed by atoms with Gasteiger partial charge in [-0.25, -0.2) is 4.79 Å². The average molecular weight is 345 g/mol. The summed E-state index contributed by atoms with van der Waals surface area (Å²) in [5, 5.41) is 5.48. The van der Waals surface area contributed by atoms with Crippen molar-refractivity contribution in [3.8, 4) is 5.75 Å². The molecule has 9 nitrogen and oxygen atoms in total. The van der Waals surface area contributed by atoms with Crippen molar-refractivity contribution in [3.63, 3.8) is 0 Å². The van der Waals surface area contributed by atoms with E-state index in [0.29, 0.717) is 29.2 Å². The zero-order valence-electron chi connectivity index (χ0n) is 15.1. The van der Waals surface area contributed by atoms with Crippen LogP contribution in [0.5, 0.6) is 5.75 Å². The number of ether oxygens (including phenoxy) is 1. The average Bonchev–Trinajstić information content (AvgIpc) is 2.60. The third-order valence-corrected chi connectivity index (χ3v) is 3.22. The molecule has 0 saturated heterocycles. The number of carbonyl (C=O) groups is 1. The van der Waals surface area contributed by atoms with E-state index in [2.05, 4.69) is 25.6 Å². The summed E-state index contributed by atoms with van der Waals surface area (Å²) in [6.07, 6.45) is 0. The van der Waals surface area contributed by atoms with Crippen LogP contribution < -0.4 is 25.2 Å². The Morgan fingerprint density at radius 2 is 1.64 bits per heavy atom. The van der Waals surface area contributed by atoms with Gasteiger partial charge in [0.15, 0.2) is 5.82 Å². The second-order valence-corrected chi connectivity index (χ2v) is 5.65. The first kappa shape index (κ1) is 18.2. The molecule has 2 aromatic rings. The molecule has 0 radical (unpaired) electrons. The maximum absolute atomic E-state index is 12.1. The first-order chi connectivity index (χ1) is 11.9. The molecule has 0 saturated carbocycles. The van der Waals surface area contributed by atoms with Gasteiger partial charge in [-0.2, -0.15) is 15.0 Å². The van der Waals surface area contributed by atoms with Crippen molar-refractivity contribution >= 4 is 23.6 Å². The predicted octanol–water partition coefficient (Wildman–Crippen LogP) is 1.33. The molecule has 0 fully saturated rings. The Bertz CT molecular complexity index is 708. The molecule has 134 valence electrons. The van der Waals surface area contributed by atoms with E-state index in [-0.39, 0.29) is 12.6 Å². The Kier molecular flexibility index (Phi) is 5.93. The largest absolute Gasteiger partial charge is 0.495 e. The summed E-state index contributed by atoms with van der Waals surface area (Å²) in [7, 11) is 8.94. The highest BCUT2D eigenvalue weighted by atomic mass is 16.5. The van der Waals surface area contributed by atoms with Crippen LogP contribution in [-0.2, 0) is 6.54 Å². The number of nitrogens with one attached hydrogen (secondary N) is 2. The van der Waals surface area contributed by atoms with Crippen LogP contribution in [0.4, 0.5) is 22.4 Å². The van der Waals surface area contributed by atoms with Gasteiger partial charge in [-0.3, -0.25) is 0 Å². The molecule has 2 amide bonds. The summed E-state index contributed by atoms with van der Waals surface area (Å²) in [6, 6.07) is 6.81. The van der Waals surface area contributed by atoms with Crippen molar-refractivity contribution in [1.29, 1.82) is 0 Å². The van der Waals surface area contributed by atoms with Gasteiger partial charge in [-0.15, -0.1) is 0 Å². The monoisotopic (exact) mass is 345 g/mol. The number of aromatic nitrogens is 3. The third kappa shape index (κ3) is 4.93. The Morgan fingerprint density at radius 3 is 2.20 bits per heavy atom. The van der Waals surface area contributed by atoms with Crippen LogP contribution >= 0.6 is 0 Å². The summed E-state index contributed by atoms with van der Waals surface area (Å²) in [5.74, 6) is 2.11. The van der Waals surface area contributed by atoms with Crippen LogP contribution in [0.25, 0.3) is 0 Å². The number of para-hydroxylation sites is 2. The molecular weight excluding hydrogens is 322 g/mol. The fourth-order valence-electron chi connectivity index (χ4n) is 1.95. The van der Waals surface area contributed by atoms with Gasteiger partial charge in [-0.1, -0.05) is 12.1 Å². The number of hydrogen-bond acceptors (Lipinski definition) is 7. The van der Waals surface area contributed by atoms with Crippen molar-refractivity contribution in [1.82, 2.24) is 20.3 Å². The van der Waals surface area contributed by atoms with Crippen LogP contribution in [0.3, 0.4) is 0 Å². The first-order valence-corrected chi connectivity index (χ1v) is 7.68. The van der Waals surface area contributed by atoms with Crippen molar-refractivity contribution in [2.24, 2.45) is 0 Å². The van der Waals surface area contributed by atoms with E-state index in [4.69, 9.17) is 4.74 Å². The Balaban J connectivity index is 2.06. The lowest BCUT2D eigenvalue weighted by Crippen LogP contribution is -2.30. The van der Waals surface area contributed by atoms with E-state index < -0.39 is 0 Å². The Hall–Kier alpha value is -3.10. The smallest absolute Gasteiger partial charge is 0.319 e. The lowest BCUT2D eigenvalue weighted by molar-refractivity contribution is 0.251. The number of nitrogens with zero attached hydrogens (tertiary/aromatic N) is 5. The van der Waals surface area contributed by atoms with Crippen LogP contribution in [-0.4, -0.2) is 56.3 Å². The number of hydrogen-bond donors (Lipinski definition) is 2. The van der Waals surface area contributed by atoms with Gasteiger partial charge in [0.05, 0.1) is 19.3 Å². The Labute approximate surface area is 147 Å². The van der Waals surface area contributed by atoms with Crippen molar-refractivity contribution < 1.29 is 9.53 Å². The van der Waals surface area contributed by atoms with Gasteiger partial charge >= 0.3 is 6.03 Å². The quantitative estimate of drug-likeness (QED) is 0.815. The molecule has 25 heavy (non-hydrogen) atoms. The fourth-order valence-corrected chi connectivity index (χ4v) is 1.95. The minimum absolute atomic E-state index is 0.172. The Morgan fingerprint density at radius 1 is 1.04 bits per heavy atom. The van der Waals surface area contributed by atoms with E-state index in [0.717, 1.165) is 0 Å². The molecule has 0 aliphatic carbocycles. The van der Waals surface area contributed by atoms with Crippen molar-refractivity contribution in [3.05, 3.63) is 30.1 Å². The summed E-state index contributed by atoms with van der Waals surface area (Å²) < 4.78 is 5.21. The molecule has 0 aliphatic rings. The molecule has 2 N–H and O–H groups in total. The molecule has 1 heterocycles. The zero-order valence-corrected chi connectivity index (χ0v) is 15.1. The molecule has 0 aliphatic heterocycles. The number of carbonyl (C=O) groups excluding carboxylic acids is 1. The van der Waals surface area contributed by atoms with Gasteiger partial charge in [0.25, 0.3) is 0 Å². The summed E-state index contributed by atoms with van der Waals surface area (Å²) >= 11 is 0. The number of benzene rings is 1. The number of urea groups is 1. The predicted molar refractivity (Wildman–Crippen MR) is 97.3 cm³/mol. The van der Waals surface area contributed by atoms with E-state index in [1.54, 1.807) is 29.0 Å². The van der Waals surface area contributed by atoms with Gasteiger partial charge in [0, 0.05) is 28.2 Å². The minimum atomic E-state index is -0.372. The first-order valence-electron chi connectivity index (χ1n) is 7.68. The standard InChI is InChI=1S/C16H23N7O2/c1-22(2)14-19-13(20-15(21-14)23(3)4)10-17-16(24)18-11-8-6-7-9-12(11)25-5/h6-9H,10H2,1-5H3,(H2,17,18,24). The number of rotatable bonds is 6. The SMILES string of the molecule is COc1ccccc1NC(=O)NCc1nc(N(C)C)nc(N(C)C)n1. The maximum atomic E-state index is 12.1. The highest BCUT2D eigenvalue weighted by Gasteiger charge is 2.11. The summed E-state index contributed by atoms with van der Waals surface area (Å²) in [6.45, 7) is 0.172. The lowest BCUT2D eigenvalue weighted by Gasteiger charge is -2.16. The van der Waals surface area contributed by atoms with Crippen LogP contribution in [0.15, 0.2) is 24.3 Å². The molecule has 1 aromatic carbocycles. The molecular formula is C16H23N7O2. The topological polar surface area (TPSA) is 95.5 Å². The fraction of sp³-hybridized carbons (Fsp3) is 0.375. The van der Waals surface area contributed by atoms with Crippen LogP contribution in [0.1, 0.15) is 5.82 Å². The number of amides is 2. The molecule has 0 bridgehead atoms. The van der Waals surface area contributed by atoms with Crippen LogP contribution in [0.2, 0.25) is 0 Å². The summed E-state index contributed by atoms with van der Waals surface area (Å²) in [5.41, 5.74) is 0.584. The van der Waals surface area contributed by atoms with E-state index >= 15 is 0 Å². The molecule has 0 spiro atoms. The van der Waals surface area contributed by atoms with E-state index in [1.165, 1.54) is 0 Å². The lowest BCUT2D eigenvalue weighted by atomic mass is 10.3. The maximum Gasteiger partial charge on any atom is 0.319 e. The normalized spacial score (nSPS) is 10.1. The molecule has 1 aromatic heterocycles. The van der Waals surface area contributed by atoms with Gasteiger partial charge in [-0.05, 0) is 12.1 Å². The molecule has 9 heteroatoms. The van der Waals surface area contributed by atoms with Gasteiger partial charge < -0.3 is 25.2 Å². The minimum Gasteiger partial charge on any atom is -0.495 e. The number of anilines is 3. The van der Waals surface area contributed by atoms with E-state index in [1.807, 2.05) is 40.3 Å². The van der Waals surface area contributed by atoms with Gasteiger partial charge in [0.2, 0.25) is 11.9 Å². The second-order valence-electron chi connectivity index (χ2n) is 5.65. The molecule has 0 atom stereocenters. The summed E-state index contributed by atoms with van der Waals surface area (Å²) in [4.78, 5) is 28.7. The number of methoxy groups -OCH3 is 1. The zero-order chi connectivity index (χ0) is 18.4. The van der Waals surface area contributed by atoms with Crippen LogP contribution in [0, 0.1) is 0 Å². The highest BCUT2D eigenvalue weighted by Crippen LogP contribution is 2.22. The second kappa shape index (κ2) is 8.13. The molecule has 2 rings (SSSR count).